The van der Waals surface area contributed by atoms with Crippen molar-refractivity contribution in [3.63, 3.8) is 0 Å². The Bertz CT molecular complexity index is 824. The van der Waals surface area contributed by atoms with Crippen LogP contribution in [0.3, 0.4) is 0 Å². The molecular formula is C22H27FN2O2. The van der Waals surface area contributed by atoms with E-state index in [1.807, 2.05) is 13.0 Å². The maximum Gasteiger partial charge on any atom is 0.255 e. The van der Waals surface area contributed by atoms with Crippen LogP contribution in [0.25, 0.3) is 0 Å². The van der Waals surface area contributed by atoms with Crippen LogP contribution >= 0.6 is 0 Å². The molecule has 2 aromatic rings. The molecule has 0 radical (unpaired) electrons. The minimum absolute atomic E-state index is 0.00277. The maximum absolute atomic E-state index is 13.5. The van der Waals surface area contributed by atoms with Crippen LogP contribution in [0.2, 0.25) is 0 Å². The Balaban J connectivity index is 1.49. The minimum atomic E-state index is -0.211. The van der Waals surface area contributed by atoms with Gasteiger partial charge in [-0.1, -0.05) is 31.4 Å². The fourth-order valence-electron chi connectivity index (χ4n) is 4.41. The van der Waals surface area contributed by atoms with Crippen LogP contribution in [0.15, 0.2) is 28.7 Å². The number of aryl methyl sites for hydroxylation is 1. The standard InChI is InChI=1S/C22H27FN2O2/c1-15-21(22(26)24-18-8-3-2-4-9-18)19-14-25(11-10-20(19)27-15)13-16-6-5-7-17(23)12-16/h5-7,12,18H,2-4,8-11,13-14H2,1H3,(H,24,26). The fraction of sp³-hybridized carbons (Fsp3) is 0.500. The van der Waals surface area contributed by atoms with Crippen LogP contribution < -0.4 is 5.32 Å². The molecule has 0 atom stereocenters. The van der Waals surface area contributed by atoms with E-state index >= 15 is 0 Å². The summed E-state index contributed by atoms with van der Waals surface area (Å²) in [6.45, 7) is 4.06. The quantitative estimate of drug-likeness (QED) is 0.870. The molecule has 1 amide bonds. The summed E-state index contributed by atoms with van der Waals surface area (Å²) in [5.74, 6) is 1.42. The van der Waals surface area contributed by atoms with Crippen molar-refractivity contribution in [2.24, 2.45) is 0 Å². The van der Waals surface area contributed by atoms with Gasteiger partial charge in [-0.3, -0.25) is 9.69 Å². The van der Waals surface area contributed by atoms with Gasteiger partial charge in [0.05, 0.1) is 5.56 Å². The lowest BCUT2D eigenvalue weighted by molar-refractivity contribution is 0.0924. The Morgan fingerprint density at radius 1 is 1.30 bits per heavy atom. The van der Waals surface area contributed by atoms with E-state index in [-0.39, 0.29) is 17.8 Å². The van der Waals surface area contributed by atoms with Gasteiger partial charge in [0.1, 0.15) is 17.3 Å². The Hall–Kier alpha value is -2.14. The lowest BCUT2D eigenvalue weighted by Gasteiger charge is -2.27. The van der Waals surface area contributed by atoms with Crippen LogP contribution in [0.1, 0.15) is 65.1 Å². The maximum atomic E-state index is 13.5. The van der Waals surface area contributed by atoms with E-state index in [1.54, 1.807) is 12.1 Å². The number of halogens is 1. The molecule has 0 unspecified atom stereocenters. The number of benzene rings is 1. The second kappa shape index (κ2) is 7.85. The summed E-state index contributed by atoms with van der Waals surface area (Å²) in [5, 5.41) is 3.22. The van der Waals surface area contributed by atoms with Gasteiger partial charge in [-0.25, -0.2) is 4.39 Å². The summed E-state index contributed by atoms with van der Waals surface area (Å²) in [6, 6.07) is 7.00. The molecule has 0 saturated heterocycles. The summed E-state index contributed by atoms with van der Waals surface area (Å²) in [5.41, 5.74) is 2.66. The van der Waals surface area contributed by atoms with Crippen molar-refractivity contribution in [3.05, 3.63) is 58.3 Å². The molecule has 1 fully saturated rings. The van der Waals surface area contributed by atoms with Gasteiger partial charge >= 0.3 is 0 Å². The molecule has 1 aliphatic carbocycles. The zero-order valence-electron chi connectivity index (χ0n) is 15.9. The molecule has 1 aromatic carbocycles. The van der Waals surface area contributed by atoms with Gasteiger partial charge in [-0.15, -0.1) is 0 Å². The average molecular weight is 370 g/mol. The molecule has 0 bridgehead atoms. The highest BCUT2D eigenvalue weighted by Crippen LogP contribution is 2.29. The zero-order valence-corrected chi connectivity index (χ0v) is 15.9. The van der Waals surface area contributed by atoms with Crippen molar-refractivity contribution in [1.29, 1.82) is 0 Å². The van der Waals surface area contributed by atoms with Crippen LogP contribution in [-0.2, 0) is 19.5 Å². The molecule has 1 aromatic heterocycles. The van der Waals surface area contributed by atoms with Crippen molar-refractivity contribution >= 4 is 5.91 Å². The van der Waals surface area contributed by atoms with Gasteiger partial charge in [-0.05, 0) is 37.5 Å². The number of hydrogen-bond acceptors (Lipinski definition) is 3. The molecule has 4 rings (SSSR count). The summed E-state index contributed by atoms with van der Waals surface area (Å²) in [6.07, 6.45) is 6.56. The smallest absolute Gasteiger partial charge is 0.255 e. The van der Waals surface area contributed by atoms with Crippen molar-refractivity contribution in [2.75, 3.05) is 6.54 Å². The normalized spacial score (nSPS) is 18.3. The van der Waals surface area contributed by atoms with Crippen LogP contribution in [0.5, 0.6) is 0 Å². The molecule has 0 spiro atoms. The number of rotatable bonds is 4. The third-order valence-corrected chi connectivity index (χ3v) is 5.77. The van der Waals surface area contributed by atoms with Crippen molar-refractivity contribution in [1.82, 2.24) is 10.2 Å². The number of carbonyl (C=O) groups excluding carboxylic acids is 1. The molecule has 1 saturated carbocycles. The molecule has 2 heterocycles. The molecule has 144 valence electrons. The highest BCUT2D eigenvalue weighted by molar-refractivity contribution is 5.97. The molecule has 4 nitrogen and oxygen atoms in total. The van der Waals surface area contributed by atoms with Crippen LogP contribution in [-0.4, -0.2) is 23.4 Å². The Labute approximate surface area is 159 Å². The van der Waals surface area contributed by atoms with Gasteiger partial charge in [0.25, 0.3) is 5.91 Å². The second-order valence-electron chi connectivity index (χ2n) is 7.83. The zero-order chi connectivity index (χ0) is 18.8. The van der Waals surface area contributed by atoms with Crippen molar-refractivity contribution < 1.29 is 13.6 Å². The number of furan rings is 1. The fourth-order valence-corrected chi connectivity index (χ4v) is 4.41. The predicted molar refractivity (Wildman–Crippen MR) is 102 cm³/mol. The molecule has 2 aliphatic rings. The third-order valence-electron chi connectivity index (χ3n) is 5.77. The predicted octanol–water partition coefficient (Wildman–Crippen LogP) is 4.35. The summed E-state index contributed by atoms with van der Waals surface area (Å²) >= 11 is 0. The first kappa shape index (κ1) is 18.2. The van der Waals surface area contributed by atoms with Gasteiger partial charge in [0.15, 0.2) is 0 Å². The van der Waals surface area contributed by atoms with E-state index in [4.69, 9.17) is 4.42 Å². The molecule has 1 aliphatic heterocycles. The average Bonchev–Trinajstić information content (AvgIpc) is 2.98. The molecule has 5 heteroatoms. The minimum Gasteiger partial charge on any atom is -0.465 e. The first-order valence-electron chi connectivity index (χ1n) is 9.99. The van der Waals surface area contributed by atoms with Gasteiger partial charge in [-0.2, -0.15) is 0 Å². The topological polar surface area (TPSA) is 45.5 Å². The molecular weight excluding hydrogens is 343 g/mol. The van der Waals surface area contributed by atoms with E-state index in [1.165, 1.54) is 25.3 Å². The van der Waals surface area contributed by atoms with E-state index < -0.39 is 0 Å². The Morgan fingerprint density at radius 2 is 2.11 bits per heavy atom. The second-order valence-corrected chi connectivity index (χ2v) is 7.83. The van der Waals surface area contributed by atoms with Gasteiger partial charge in [0, 0.05) is 37.7 Å². The number of nitrogens with zero attached hydrogens (tertiary/aromatic N) is 1. The van der Waals surface area contributed by atoms with Crippen molar-refractivity contribution in [2.45, 2.75) is 64.6 Å². The third kappa shape index (κ3) is 4.08. The molecule has 1 N–H and O–H groups in total. The number of fused-ring (bicyclic) bond motifs is 1. The van der Waals surface area contributed by atoms with Crippen molar-refractivity contribution in [3.8, 4) is 0 Å². The Morgan fingerprint density at radius 3 is 2.89 bits per heavy atom. The highest BCUT2D eigenvalue weighted by atomic mass is 19.1. The number of amides is 1. The van der Waals surface area contributed by atoms with E-state index in [0.29, 0.717) is 24.4 Å². The lowest BCUT2D eigenvalue weighted by Crippen LogP contribution is -2.37. The number of nitrogens with one attached hydrogen (secondary N) is 1. The van der Waals surface area contributed by atoms with E-state index in [9.17, 15) is 9.18 Å². The lowest BCUT2D eigenvalue weighted by atomic mass is 9.94. The van der Waals surface area contributed by atoms with Crippen LogP contribution in [0.4, 0.5) is 4.39 Å². The summed E-state index contributed by atoms with van der Waals surface area (Å²) in [7, 11) is 0. The Kier molecular flexibility index (Phi) is 5.30. The van der Waals surface area contributed by atoms with E-state index in [0.717, 1.165) is 42.7 Å². The first-order chi connectivity index (χ1) is 13.1. The summed E-state index contributed by atoms with van der Waals surface area (Å²) in [4.78, 5) is 15.2. The van der Waals surface area contributed by atoms with Gasteiger partial charge < -0.3 is 9.73 Å². The first-order valence-corrected chi connectivity index (χ1v) is 9.99. The number of carbonyl (C=O) groups is 1. The van der Waals surface area contributed by atoms with Gasteiger partial charge in [0.2, 0.25) is 0 Å². The molecule has 27 heavy (non-hydrogen) atoms. The largest absolute Gasteiger partial charge is 0.465 e. The SMILES string of the molecule is Cc1oc2c(c1C(=O)NC1CCCCC1)CN(Cc1cccc(F)c1)CC2. The van der Waals surface area contributed by atoms with E-state index in [2.05, 4.69) is 10.2 Å². The summed E-state index contributed by atoms with van der Waals surface area (Å²) < 4.78 is 19.4. The highest BCUT2D eigenvalue weighted by Gasteiger charge is 2.29. The van der Waals surface area contributed by atoms with Crippen LogP contribution in [0, 0.1) is 12.7 Å². The monoisotopic (exact) mass is 370 g/mol. The number of hydrogen-bond donors (Lipinski definition) is 1.